The normalized spacial score (nSPS) is 22.2. The minimum Gasteiger partial charge on any atom is -0.463 e. The van der Waals surface area contributed by atoms with E-state index >= 15 is 0 Å². The quantitative estimate of drug-likeness (QED) is 0.181. The Labute approximate surface area is 229 Å². The van der Waals surface area contributed by atoms with E-state index in [1.54, 1.807) is 4.90 Å². The lowest BCUT2D eigenvalue weighted by molar-refractivity contribution is -0.200. The first-order chi connectivity index (χ1) is 18.0. The fourth-order valence-corrected chi connectivity index (χ4v) is 4.79. The smallest absolute Gasteiger partial charge is 0.353 e. The molecular weight excluding hydrogens is 547 g/mol. The predicted octanol–water partition coefficient (Wildman–Crippen LogP) is 2.16. The van der Waals surface area contributed by atoms with Crippen molar-refractivity contribution in [2.75, 3.05) is 19.8 Å². The van der Waals surface area contributed by atoms with Crippen molar-refractivity contribution in [3.05, 3.63) is 10.1 Å². The first-order valence-electron chi connectivity index (χ1n) is 12.4. The summed E-state index contributed by atoms with van der Waals surface area (Å²) in [7, 11) is 0. The minimum absolute atomic E-state index is 0.00229. The van der Waals surface area contributed by atoms with Crippen molar-refractivity contribution >= 4 is 58.8 Å². The number of esters is 2. The molecule has 12 nitrogen and oxygen atoms in total. The molecule has 0 bridgehead atoms. The minimum atomic E-state index is -1.19. The second-order valence-electron chi connectivity index (χ2n) is 9.25. The molecule has 0 N–H and O–H groups in total. The number of halogens is 2. The molecule has 0 saturated carbocycles. The molecular formula is C24H30Cl2N2O10. The van der Waals surface area contributed by atoms with Gasteiger partial charge in [0.25, 0.3) is 11.8 Å². The number of likely N-dealkylation sites (tertiary alicyclic amines) is 1. The first-order valence-corrected chi connectivity index (χ1v) is 13.2. The Morgan fingerprint density at radius 2 is 1.68 bits per heavy atom. The largest absolute Gasteiger partial charge is 0.463 e. The molecule has 2 fully saturated rings. The average molecular weight is 577 g/mol. The Bertz CT molecular complexity index is 1000. The van der Waals surface area contributed by atoms with Gasteiger partial charge in [-0.25, -0.2) is 9.59 Å². The Kier molecular flexibility index (Phi) is 10.5. The van der Waals surface area contributed by atoms with Crippen molar-refractivity contribution < 1.29 is 47.8 Å². The Hall–Kier alpha value is -2.70. The van der Waals surface area contributed by atoms with Crippen LogP contribution in [-0.4, -0.2) is 77.7 Å². The fourth-order valence-electron chi connectivity index (χ4n) is 4.47. The molecule has 0 aromatic carbocycles. The van der Waals surface area contributed by atoms with Gasteiger partial charge in [-0.2, -0.15) is 0 Å². The van der Waals surface area contributed by atoms with Gasteiger partial charge in [-0.1, -0.05) is 37.0 Å². The van der Waals surface area contributed by atoms with E-state index in [1.165, 1.54) is 6.92 Å². The zero-order chi connectivity index (χ0) is 28.0. The molecule has 0 aromatic rings. The number of rotatable bonds is 13. The van der Waals surface area contributed by atoms with Crippen molar-refractivity contribution in [1.82, 2.24) is 9.96 Å². The summed E-state index contributed by atoms with van der Waals surface area (Å²) in [6, 6.07) is -0.243. The van der Waals surface area contributed by atoms with Gasteiger partial charge in [0.2, 0.25) is 12.2 Å². The van der Waals surface area contributed by atoms with Crippen LogP contribution in [0, 0.1) is 11.8 Å². The molecule has 3 aliphatic heterocycles. The highest BCUT2D eigenvalue weighted by atomic mass is 35.5. The standard InChI is InChI=1S/C24H30Cl2N2O10/c1-3-15(27-8-4-5-16(27)29)12-14(11-13(2)21(32)38-28-17(30)6-7-18(28)31)22(33)35-9-10-36-24-20(26)19(25)23(34)37-24/h13-15,24H,3-12H2,1-2H3. The van der Waals surface area contributed by atoms with Gasteiger partial charge < -0.3 is 23.9 Å². The predicted molar refractivity (Wildman–Crippen MR) is 130 cm³/mol. The number of carbonyl (C=O) groups is 6. The molecule has 210 valence electrons. The third-order valence-electron chi connectivity index (χ3n) is 6.55. The molecule has 14 heteroatoms. The summed E-state index contributed by atoms with van der Waals surface area (Å²) in [5, 5.41) is 0.0707. The van der Waals surface area contributed by atoms with Gasteiger partial charge in [-0.3, -0.25) is 19.2 Å². The van der Waals surface area contributed by atoms with Crippen LogP contribution in [0.15, 0.2) is 10.1 Å². The number of ether oxygens (including phenoxy) is 3. The maximum absolute atomic E-state index is 13.1. The highest BCUT2D eigenvalue weighted by molar-refractivity contribution is 6.48. The number of hydroxylamine groups is 2. The number of nitrogens with zero attached hydrogens (tertiary/aromatic N) is 2. The Morgan fingerprint density at radius 3 is 2.24 bits per heavy atom. The molecule has 0 aromatic heterocycles. The van der Waals surface area contributed by atoms with Gasteiger partial charge in [-0.15, -0.1) is 5.06 Å². The number of hydrogen-bond acceptors (Lipinski definition) is 10. The third kappa shape index (κ3) is 7.23. The van der Waals surface area contributed by atoms with Crippen LogP contribution in [0.2, 0.25) is 0 Å². The van der Waals surface area contributed by atoms with Crippen LogP contribution in [0.5, 0.6) is 0 Å². The van der Waals surface area contributed by atoms with Crippen molar-refractivity contribution in [2.24, 2.45) is 11.8 Å². The highest BCUT2D eigenvalue weighted by Crippen LogP contribution is 2.30. The summed E-state index contributed by atoms with van der Waals surface area (Å²) < 4.78 is 15.5. The molecule has 38 heavy (non-hydrogen) atoms. The third-order valence-corrected chi connectivity index (χ3v) is 7.37. The average Bonchev–Trinajstić information content (AvgIpc) is 3.53. The van der Waals surface area contributed by atoms with Crippen LogP contribution < -0.4 is 0 Å². The maximum Gasteiger partial charge on any atom is 0.353 e. The summed E-state index contributed by atoms with van der Waals surface area (Å²) in [5.41, 5.74) is 0. The van der Waals surface area contributed by atoms with Crippen molar-refractivity contribution in [1.29, 1.82) is 0 Å². The van der Waals surface area contributed by atoms with Crippen molar-refractivity contribution in [3.8, 4) is 0 Å². The molecule has 3 amide bonds. The number of hydrogen-bond donors (Lipinski definition) is 0. The van der Waals surface area contributed by atoms with Gasteiger partial charge in [0.15, 0.2) is 0 Å². The Balaban J connectivity index is 1.60. The lowest BCUT2D eigenvalue weighted by Gasteiger charge is -2.30. The summed E-state index contributed by atoms with van der Waals surface area (Å²) in [6.07, 6.45) is 0.740. The number of amides is 3. The topological polar surface area (TPSA) is 146 Å². The molecule has 3 heterocycles. The van der Waals surface area contributed by atoms with E-state index in [2.05, 4.69) is 0 Å². The summed E-state index contributed by atoms with van der Waals surface area (Å²) in [6.45, 7) is 3.64. The molecule has 4 atom stereocenters. The van der Waals surface area contributed by atoms with Gasteiger partial charge in [-0.05, 0) is 25.7 Å². The first kappa shape index (κ1) is 29.9. The van der Waals surface area contributed by atoms with E-state index in [4.69, 9.17) is 42.3 Å². The summed E-state index contributed by atoms with van der Waals surface area (Å²) >= 11 is 11.6. The van der Waals surface area contributed by atoms with E-state index < -0.39 is 47.8 Å². The molecule has 3 rings (SSSR count). The van der Waals surface area contributed by atoms with Gasteiger partial charge in [0, 0.05) is 31.8 Å². The monoisotopic (exact) mass is 576 g/mol. The second kappa shape index (κ2) is 13.4. The number of cyclic esters (lactones) is 1. The van der Waals surface area contributed by atoms with E-state index in [9.17, 15) is 28.8 Å². The van der Waals surface area contributed by atoms with Gasteiger partial charge in [0.05, 0.1) is 18.4 Å². The van der Waals surface area contributed by atoms with Crippen LogP contribution in [0.1, 0.15) is 58.8 Å². The summed E-state index contributed by atoms with van der Waals surface area (Å²) in [5.74, 6) is -5.15. The lowest BCUT2D eigenvalue weighted by Crippen LogP contribution is -2.40. The van der Waals surface area contributed by atoms with Crippen LogP contribution in [0.3, 0.4) is 0 Å². The molecule has 3 aliphatic rings. The molecule has 0 aliphatic carbocycles. The molecule has 4 unspecified atom stereocenters. The van der Waals surface area contributed by atoms with Crippen LogP contribution >= 0.6 is 23.2 Å². The van der Waals surface area contributed by atoms with Crippen LogP contribution in [0.4, 0.5) is 0 Å². The van der Waals surface area contributed by atoms with Gasteiger partial charge in [0.1, 0.15) is 16.7 Å². The molecule has 0 radical (unpaired) electrons. The summed E-state index contributed by atoms with van der Waals surface area (Å²) in [4.78, 5) is 79.8. The van der Waals surface area contributed by atoms with E-state index in [-0.39, 0.29) is 60.9 Å². The molecule has 2 saturated heterocycles. The molecule has 0 spiro atoms. The van der Waals surface area contributed by atoms with E-state index in [0.29, 0.717) is 24.4 Å². The highest BCUT2D eigenvalue weighted by Gasteiger charge is 2.37. The SMILES string of the molecule is CCC(CC(CC(C)C(=O)ON1C(=O)CCC1=O)C(=O)OCCOC1OC(=O)C(Cl)=C1Cl)N1CCCC1=O. The van der Waals surface area contributed by atoms with Crippen LogP contribution in [0.25, 0.3) is 0 Å². The lowest BCUT2D eigenvalue weighted by atomic mass is 9.89. The zero-order valence-corrected chi connectivity index (χ0v) is 22.6. The van der Waals surface area contributed by atoms with Crippen LogP contribution in [-0.2, 0) is 47.8 Å². The zero-order valence-electron chi connectivity index (χ0n) is 21.1. The number of carbonyl (C=O) groups excluding carboxylic acids is 6. The number of imide groups is 1. The Morgan fingerprint density at radius 1 is 1.00 bits per heavy atom. The van der Waals surface area contributed by atoms with E-state index in [0.717, 1.165) is 6.42 Å². The van der Waals surface area contributed by atoms with Crippen molar-refractivity contribution in [2.45, 2.75) is 71.1 Å². The fraction of sp³-hybridized carbons (Fsp3) is 0.667. The van der Waals surface area contributed by atoms with E-state index in [1.807, 2.05) is 6.92 Å². The second-order valence-corrected chi connectivity index (χ2v) is 10.0. The van der Waals surface area contributed by atoms with Crippen molar-refractivity contribution in [3.63, 3.8) is 0 Å². The maximum atomic E-state index is 13.1. The van der Waals surface area contributed by atoms with Gasteiger partial charge >= 0.3 is 17.9 Å².